The summed E-state index contributed by atoms with van der Waals surface area (Å²) in [6.45, 7) is 2.82. The van der Waals surface area contributed by atoms with Gasteiger partial charge in [-0.05, 0) is 43.3 Å². The molecule has 1 amide bonds. The molecule has 0 bridgehead atoms. The van der Waals surface area contributed by atoms with Crippen molar-refractivity contribution in [1.82, 2.24) is 4.90 Å². The van der Waals surface area contributed by atoms with Gasteiger partial charge in [-0.25, -0.2) is 0 Å². The van der Waals surface area contributed by atoms with Crippen LogP contribution in [0.4, 0.5) is 5.69 Å². The number of carbonyl (C=O) groups excluding carboxylic acids is 1. The van der Waals surface area contributed by atoms with Crippen LogP contribution in [0.25, 0.3) is 0 Å². The first-order chi connectivity index (χ1) is 10.5. The average Bonchev–Trinajstić information content (AvgIpc) is 2.45. The molecule has 2 rings (SSSR count). The number of hydrogen-bond donors (Lipinski definition) is 1. The summed E-state index contributed by atoms with van der Waals surface area (Å²) in [5.41, 5.74) is 2.72. The van der Waals surface area contributed by atoms with E-state index in [2.05, 4.69) is 5.32 Å². The Morgan fingerprint density at radius 3 is 2.64 bits per heavy atom. The molecule has 116 valence electrons. The number of hydrogen-bond acceptors (Lipinski definition) is 2. The van der Waals surface area contributed by atoms with E-state index < -0.39 is 0 Å². The number of nitrogens with one attached hydrogen (secondary N) is 1. The van der Waals surface area contributed by atoms with Crippen LogP contribution in [0.5, 0.6) is 0 Å². The Morgan fingerprint density at radius 2 is 1.91 bits per heavy atom. The maximum atomic E-state index is 12.1. The molecule has 22 heavy (non-hydrogen) atoms. The Balaban J connectivity index is 1.94. The van der Waals surface area contributed by atoms with Crippen molar-refractivity contribution in [3.63, 3.8) is 0 Å². The van der Waals surface area contributed by atoms with Gasteiger partial charge in [0.2, 0.25) is 5.91 Å². The van der Waals surface area contributed by atoms with E-state index in [1.54, 1.807) is 12.1 Å². The van der Waals surface area contributed by atoms with Gasteiger partial charge >= 0.3 is 0 Å². The van der Waals surface area contributed by atoms with E-state index in [1.165, 1.54) is 0 Å². The van der Waals surface area contributed by atoms with Crippen LogP contribution in [0, 0.1) is 6.92 Å². The molecule has 1 N–H and O–H groups in total. The molecule has 0 saturated carbocycles. The van der Waals surface area contributed by atoms with Gasteiger partial charge in [0.05, 0.1) is 6.54 Å². The molecule has 0 saturated heterocycles. The summed E-state index contributed by atoms with van der Waals surface area (Å²) in [4.78, 5) is 14.0. The first-order valence-corrected chi connectivity index (χ1v) is 7.69. The van der Waals surface area contributed by atoms with Crippen LogP contribution in [0.2, 0.25) is 10.0 Å². The molecule has 0 radical (unpaired) electrons. The Bertz CT molecular complexity index is 673. The fraction of sp³-hybridized carbons (Fsp3) is 0.235. The summed E-state index contributed by atoms with van der Waals surface area (Å²) < 4.78 is 0. The molecule has 0 fully saturated rings. The quantitative estimate of drug-likeness (QED) is 0.879. The van der Waals surface area contributed by atoms with Gasteiger partial charge in [0.25, 0.3) is 0 Å². The normalized spacial score (nSPS) is 10.8. The van der Waals surface area contributed by atoms with Crippen molar-refractivity contribution in [1.29, 1.82) is 0 Å². The highest BCUT2D eigenvalue weighted by molar-refractivity contribution is 6.31. The summed E-state index contributed by atoms with van der Waals surface area (Å²) in [5, 5.41) is 4.20. The minimum Gasteiger partial charge on any atom is -0.325 e. The maximum Gasteiger partial charge on any atom is 0.238 e. The molecule has 0 aliphatic rings. The maximum absolute atomic E-state index is 12.1. The highest BCUT2D eigenvalue weighted by Crippen LogP contribution is 2.20. The molecular formula is C17H18Cl2N2O. The van der Waals surface area contributed by atoms with Crippen LogP contribution in [0.3, 0.4) is 0 Å². The second-order valence-corrected chi connectivity index (χ2v) is 6.11. The molecule has 2 aromatic carbocycles. The smallest absolute Gasteiger partial charge is 0.238 e. The van der Waals surface area contributed by atoms with Gasteiger partial charge < -0.3 is 5.32 Å². The fourth-order valence-corrected chi connectivity index (χ4v) is 2.50. The average molecular weight is 337 g/mol. The highest BCUT2D eigenvalue weighted by atomic mass is 35.5. The zero-order valence-corrected chi connectivity index (χ0v) is 14.1. The first kappa shape index (κ1) is 16.8. The van der Waals surface area contributed by atoms with Crippen LogP contribution in [0.15, 0.2) is 42.5 Å². The molecule has 0 heterocycles. The number of likely N-dealkylation sites (N-methyl/N-ethyl adjacent to an activating group) is 1. The molecule has 0 aliphatic carbocycles. The van der Waals surface area contributed by atoms with Crippen molar-refractivity contribution in [2.24, 2.45) is 0 Å². The number of nitrogens with zero attached hydrogens (tertiary/aromatic N) is 1. The summed E-state index contributed by atoms with van der Waals surface area (Å²) in [7, 11) is 1.88. The number of rotatable bonds is 5. The second kappa shape index (κ2) is 7.63. The lowest BCUT2D eigenvalue weighted by atomic mass is 10.2. The largest absolute Gasteiger partial charge is 0.325 e. The monoisotopic (exact) mass is 336 g/mol. The van der Waals surface area contributed by atoms with Crippen molar-refractivity contribution in [2.75, 3.05) is 18.9 Å². The molecule has 0 unspecified atom stereocenters. The topological polar surface area (TPSA) is 32.3 Å². The number of halogens is 2. The van der Waals surface area contributed by atoms with Crippen molar-refractivity contribution in [3.8, 4) is 0 Å². The second-order valence-electron chi connectivity index (χ2n) is 5.27. The van der Waals surface area contributed by atoms with Crippen molar-refractivity contribution in [2.45, 2.75) is 13.5 Å². The first-order valence-electron chi connectivity index (χ1n) is 6.93. The van der Waals surface area contributed by atoms with Gasteiger partial charge in [0, 0.05) is 22.3 Å². The molecule has 0 aromatic heterocycles. The predicted molar refractivity (Wildman–Crippen MR) is 92.6 cm³/mol. The van der Waals surface area contributed by atoms with Gasteiger partial charge in [-0.15, -0.1) is 0 Å². The molecule has 3 nitrogen and oxygen atoms in total. The van der Waals surface area contributed by atoms with Gasteiger partial charge in [-0.1, -0.05) is 47.5 Å². The Labute approximate surface area is 140 Å². The SMILES string of the molecule is Cc1ccc(Cl)cc1NC(=O)CN(C)Cc1ccccc1Cl. The number of benzene rings is 2. The van der Waals surface area contributed by atoms with Crippen LogP contribution >= 0.6 is 23.2 Å². The molecule has 5 heteroatoms. The van der Waals surface area contributed by atoms with Gasteiger partial charge in [-0.3, -0.25) is 9.69 Å². The molecular weight excluding hydrogens is 319 g/mol. The third-order valence-electron chi connectivity index (χ3n) is 3.29. The number of amides is 1. The molecule has 0 aliphatic heterocycles. The van der Waals surface area contributed by atoms with E-state index in [0.29, 0.717) is 16.6 Å². The third-order valence-corrected chi connectivity index (χ3v) is 3.89. The fourth-order valence-electron chi connectivity index (χ4n) is 2.14. The summed E-state index contributed by atoms with van der Waals surface area (Å²) >= 11 is 12.1. The van der Waals surface area contributed by atoms with Crippen molar-refractivity contribution in [3.05, 3.63) is 63.6 Å². The standard InChI is InChI=1S/C17H18Cl2N2O/c1-12-7-8-14(18)9-16(12)20-17(22)11-21(2)10-13-5-3-4-6-15(13)19/h3-9H,10-11H2,1-2H3,(H,20,22). The number of carbonyl (C=O) groups is 1. The zero-order valence-electron chi connectivity index (χ0n) is 12.6. The Kier molecular flexibility index (Phi) is 5.83. The van der Waals surface area contributed by atoms with Gasteiger partial charge in [-0.2, -0.15) is 0 Å². The van der Waals surface area contributed by atoms with E-state index in [4.69, 9.17) is 23.2 Å². The van der Waals surface area contributed by atoms with Crippen molar-refractivity contribution < 1.29 is 4.79 Å². The third kappa shape index (κ3) is 4.73. The summed E-state index contributed by atoms with van der Waals surface area (Å²) in [6, 6.07) is 13.1. The van der Waals surface area contributed by atoms with E-state index in [1.807, 2.05) is 49.2 Å². The summed E-state index contributed by atoms with van der Waals surface area (Å²) in [6.07, 6.45) is 0. The highest BCUT2D eigenvalue weighted by Gasteiger charge is 2.10. The van der Waals surface area contributed by atoms with E-state index in [0.717, 1.165) is 16.8 Å². The molecule has 0 spiro atoms. The van der Waals surface area contributed by atoms with E-state index >= 15 is 0 Å². The number of anilines is 1. The van der Waals surface area contributed by atoms with Gasteiger partial charge in [0.15, 0.2) is 0 Å². The van der Waals surface area contributed by atoms with Gasteiger partial charge in [0.1, 0.15) is 0 Å². The van der Waals surface area contributed by atoms with Crippen molar-refractivity contribution >= 4 is 34.8 Å². The minimum atomic E-state index is -0.0834. The van der Waals surface area contributed by atoms with E-state index in [9.17, 15) is 4.79 Å². The lowest BCUT2D eigenvalue weighted by Crippen LogP contribution is -2.30. The lowest BCUT2D eigenvalue weighted by Gasteiger charge is -2.17. The van der Waals surface area contributed by atoms with E-state index in [-0.39, 0.29) is 12.5 Å². The summed E-state index contributed by atoms with van der Waals surface area (Å²) in [5.74, 6) is -0.0834. The van der Waals surface area contributed by atoms with Crippen LogP contribution in [0.1, 0.15) is 11.1 Å². The number of aryl methyl sites for hydroxylation is 1. The van der Waals surface area contributed by atoms with Crippen LogP contribution in [-0.2, 0) is 11.3 Å². The predicted octanol–water partition coefficient (Wildman–Crippen LogP) is 4.37. The zero-order chi connectivity index (χ0) is 16.1. The minimum absolute atomic E-state index is 0.0834. The lowest BCUT2D eigenvalue weighted by molar-refractivity contribution is -0.117. The molecule has 0 atom stereocenters. The Morgan fingerprint density at radius 1 is 1.18 bits per heavy atom. The Hall–Kier alpha value is -1.55. The van der Waals surface area contributed by atoms with Crippen LogP contribution in [-0.4, -0.2) is 24.4 Å². The molecule has 2 aromatic rings. The van der Waals surface area contributed by atoms with Crippen LogP contribution < -0.4 is 5.32 Å².